The van der Waals surface area contributed by atoms with Gasteiger partial charge in [-0.1, -0.05) is 37.0 Å². The van der Waals surface area contributed by atoms with Crippen molar-refractivity contribution in [3.63, 3.8) is 0 Å². The molecule has 1 saturated heterocycles. The molecular formula is C20H22Cl2FN3O4S. The molecule has 1 amide bonds. The highest BCUT2D eigenvalue weighted by molar-refractivity contribution is 7.95. The highest BCUT2D eigenvalue weighted by atomic mass is 35.5. The number of benzene rings is 1. The molecule has 1 aromatic heterocycles. The van der Waals surface area contributed by atoms with E-state index in [4.69, 9.17) is 37.4 Å². The van der Waals surface area contributed by atoms with Crippen LogP contribution in [0.3, 0.4) is 0 Å². The van der Waals surface area contributed by atoms with Crippen LogP contribution in [0.4, 0.5) is 4.39 Å². The molecule has 0 radical (unpaired) electrons. The van der Waals surface area contributed by atoms with Gasteiger partial charge in [-0.2, -0.15) is 0 Å². The Labute approximate surface area is 194 Å². The smallest absolute Gasteiger partial charge is 0.265 e. The number of carbonyl (C=O) groups is 1. The van der Waals surface area contributed by atoms with Crippen LogP contribution in [0.15, 0.2) is 24.4 Å². The summed E-state index contributed by atoms with van der Waals surface area (Å²) in [7, 11) is 0. The highest BCUT2D eigenvalue weighted by Gasteiger charge is 2.19. The number of rotatable bonds is 8. The molecule has 31 heavy (non-hydrogen) atoms. The van der Waals surface area contributed by atoms with E-state index in [2.05, 4.69) is 9.71 Å². The van der Waals surface area contributed by atoms with Crippen molar-refractivity contribution in [1.29, 1.82) is 0 Å². The van der Waals surface area contributed by atoms with Gasteiger partial charge in [-0.15, -0.1) is 0 Å². The largest absolute Gasteiger partial charge is 0.476 e. The average molecular weight is 490 g/mol. The Hall–Kier alpha value is -1.78. The first kappa shape index (κ1) is 23.9. The number of aromatic nitrogens is 1. The van der Waals surface area contributed by atoms with Crippen molar-refractivity contribution in [1.82, 2.24) is 14.0 Å². The molecule has 0 atom stereocenters. The van der Waals surface area contributed by atoms with Crippen LogP contribution < -0.4 is 14.2 Å². The minimum Gasteiger partial charge on any atom is -0.476 e. The van der Waals surface area contributed by atoms with Crippen molar-refractivity contribution < 1.29 is 23.4 Å². The molecule has 0 unspecified atom stereocenters. The van der Waals surface area contributed by atoms with Gasteiger partial charge >= 0.3 is 0 Å². The lowest BCUT2D eigenvalue weighted by atomic mass is 10.2. The predicted molar refractivity (Wildman–Crippen MR) is 119 cm³/mol. The van der Waals surface area contributed by atoms with Gasteiger partial charge in [0.15, 0.2) is 0 Å². The van der Waals surface area contributed by atoms with Crippen molar-refractivity contribution in [3.05, 3.63) is 45.8 Å². The molecule has 3 rings (SSSR count). The number of carbonyl (C=O) groups excluding carboxylic acids is 1. The summed E-state index contributed by atoms with van der Waals surface area (Å²) < 4.78 is 35.5. The van der Waals surface area contributed by atoms with Gasteiger partial charge in [0.25, 0.3) is 5.91 Å². The summed E-state index contributed by atoms with van der Waals surface area (Å²) in [6, 6.07) is 3.77. The van der Waals surface area contributed by atoms with E-state index in [-0.39, 0.29) is 33.0 Å². The fraction of sp³-hybridized carbons (Fsp3) is 0.400. The number of hydrogen-bond donors (Lipinski definition) is 1. The molecule has 168 valence electrons. The van der Waals surface area contributed by atoms with Gasteiger partial charge in [0, 0.05) is 37.4 Å². The second kappa shape index (κ2) is 11.2. The quantitative estimate of drug-likeness (QED) is 0.524. The molecule has 1 N–H and O–H groups in total. The summed E-state index contributed by atoms with van der Waals surface area (Å²) >= 11 is 13.5. The zero-order valence-corrected chi connectivity index (χ0v) is 19.3. The first-order chi connectivity index (χ1) is 14.8. The number of halogens is 3. The minimum absolute atomic E-state index is 0.0327. The molecule has 0 spiro atoms. The summed E-state index contributed by atoms with van der Waals surface area (Å²) in [6.45, 7) is 6.98. The maximum Gasteiger partial charge on any atom is 0.265 e. The molecule has 0 saturated carbocycles. The lowest BCUT2D eigenvalue weighted by Crippen LogP contribution is -2.34. The standard InChI is InChI=1S/C20H22Cl2FN3O4S/c1-12(2)11-29-20-16(22)7-13(10-24-20)30-18-9-17(23)14(8-15(18)21)19(27)25-31-26-3-5-28-6-4-26/h7-10,12H,3-6,11H2,1-2H3,(H,25,27). The van der Waals surface area contributed by atoms with E-state index in [1.165, 1.54) is 18.3 Å². The van der Waals surface area contributed by atoms with Gasteiger partial charge in [-0.3, -0.25) is 9.52 Å². The maximum absolute atomic E-state index is 14.6. The molecule has 7 nitrogen and oxygen atoms in total. The fourth-order valence-electron chi connectivity index (χ4n) is 2.52. The molecule has 1 fully saturated rings. The van der Waals surface area contributed by atoms with E-state index in [0.29, 0.717) is 38.8 Å². The van der Waals surface area contributed by atoms with E-state index in [0.717, 1.165) is 18.2 Å². The lowest BCUT2D eigenvalue weighted by molar-refractivity contribution is 0.0765. The first-order valence-electron chi connectivity index (χ1n) is 9.58. The molecule has 1 aliphatic rings. The number of morpholine rings is 1. The summed E-state index contributed by atoms with van der Waals surface area (Å²) in [6.07, 6.45) is 1.40. The number of hydrogen-bond acceptors (Lipinski definition) is 7. The lowest BCUT2D eigenvalue weighted by Gasteiger charge is -2.24. The van der Waals surface area contributed by atoms with Gasteiger partial charge in [0.1, 0.15) is 22.3 Å². The monoisotopic (exact) mass is 489 g/mol. The van der Waals surface area contributed by atoms with Crippen LogP contribution in [0.25, 0.3) is 0 Å². The number of amides is 1. The summed E-state index contributed by atoms with van der Waals surface area (Å²) in [5.41, 5.74) is -0.188. The third-order valence-corrected chi connectivity index (χ3v) is 5.53. The molecule has 11 heteroatoms. The molecule has 2 heterocycles. The Morgan fingerprint density at radius 3 is 2.71 bits per heavy atom. The Kier molecular flexibility index (Phi) is 8.62. The normalized spacial score (nSPS) is 14.5. The third-order valence-electron chi connectivity index (χ3n) is 4.07. The van der Waals surface area contributed by atoms with Crippen LogP contribution in [0, 0.1) is 11.7 Å². The second-order valence-electron chi connectivity index (χ2n) is 7.09. The van der Waals surface area contributed by atoms with Gasteiger partial charge in [0.05, 0.1) is 36.6 Å². The van der Waals surface area contributed by atoms with Gasteiger partial charge in [-0.05, 0) is 12.0 Å². The van der Waals surface area contributed by atoms with Crippen LogP contribution in [0.2, 0.25) is 10.0 Å². The zero-order chi connectivity index (χ0) is 22.4. The summed E-state index contributed by atoms with van der Waals surface area (Å²) in [5, 5.41) is 0.324. The summed E-state index contributed by atoms with van der Waals surface area (Å²) in [5.74, 6) is -0.480. The topological polar surface area (TPSA) is 72.9 Å². The second-order valence-corrected chi connectivity index (χ2v) is 8.81. The van der Waals surface area contributed by atoms with Crippen molar-refractivity contribution >= 4 is 41.2 Å². The van der Waals surface area contributed by atoms with Crippen molar-refractivity contribution in [2.24, 2.45) is 5.92 Å². The van der Waals surface area contributed by atoms with Gasteiger partial charge in [0.2, 0.25) is 5.88 Å². The molecule has 2 aromatic rings. The van der Waals surface area contributed by atoms with Crippen LogP contribution in [0.5, 0.6) is 17.4 Å². The van der Waals surface area contributed by atoms with E-state index in [9.17, 15) is 9.18 Å². The van der Waals surface area contributed by atoms with Crippen molar-refractivity contribution in [2.45, 2.75) is 13.8 Å². The van der Waals surface area contributed by atoms with E-state index in [1.54, 1.807) is 0 Å². The first-order valence-corrected chi connectivity index (χ1v) is 11.1. The summed E-state index contributed by atoms with van der Waals surface area (Å²) in [4.78, 5) is 16.5. The number of pyridine rings is 1. The van der Waals surface area contributed by atoms with Gasteiger partial charge in [-0.25, -0.2) is 13.7 Å². The molecule has 1 aliphatic heterocycles. The average Bonchev–Trinajstić information content (AvgIpc) is 2.74. The molecular weight excluding hydrogens is 468 g/mol. The van der Waals surface area contributed by atoms with E-state index >= 15 is 0 Å². The Morgan fingerprint density at radius 2 is 2.03 bits per heavy atom. The fourth-order valence-corrected chi connectivity index (χ4v) is 3.59. The highest BCUT2D eigenvalue weighted by Crippen LogP contribution is 2.34. The predicted octanol–water partition coefficient (Wildman–Crippen LogP) is 4.98. The molecule has 0 aliphatic carbocycles. The Morgan fingerprint density at radius 1 is 1.29 bits per heavy atom. The number of nitrogens with zero attached hydrogens (tertiary/aromatic N) is 2. The molecule has 0 bridgehead atoms. The van der Waals surface area contributed by atoms with Crippen LogP contribution in [-0.2, 0) is 4.74 Å². The minimum atomic E-state index is -0.768. The Bertz CT molecular complexity index is 930. The van der Waals surface area contributed by atoms with Crippen LogP contribution in [-0.4, -0.2) is 48.1 Å². The molecule has 1 aromatic carbocycles. The van der Waals surface area contributed by atoms with E-state index in [1.807, 2.05) is 18.2 Å². The van der Waals surface area contributed by atoms with E-state index < -0.39 is 11.7 Å². The van der Waals surface area contributed by atoms with Crippen molar-refractivity contribution in [2.75, 3.05) is 32.9 Å². The SMILES string of the molecule is CC(C)COc1ncc(Oc2cc(F)c(C(=O)NSN3CCOCC3)cc2Cl)cc1Cl. The van der Waals surface area contributed by atoms with Gasteiger partial charge < -0.3 is 14.2 Å². The number of ether oxygens (including phenoxy) is 3. The number of nitrogens with one attached hydrogen (secondary N) is 1. The van der Waals surface area contributed by atoms with Crippen LogP contribution >= 0.6 is 35.3 Å². The third kappa shape index (κ3) is 6.85. The maximum atomic E-state index is 14.6. The Balaban J connectivity index is 1.65. The van der Waals surface area contributed by atoms with Crippen LogP contribution in [0.1, 0.15) is 24.2 Å². The van der Waals surface area contributed by atoms with Crippen molar-refractivity contribution in [3.8, 4) is 17.4 Å². The zero-order valence-electron chi connectivity index (χ0n) is 17.0.